The fourth-order valence-corrected chi connectivity index (χ4v) is 4.12. The number of nitrogens with zero attached hydrogens (tertiary/aromatic N) is 4. The van der Waals surface area contributed by atoms with Gasteiger partial charge in [0.2, 0.25) is 0 Å². The predicted molar refractivity (Wildman–Crippen MR) is 87.1 cm³/mol. The Morgan fingerprint density at radius 2 is 2.08 bits per heavy atom. The van der Waals surface area contributed by atoms with Crippen molar-refractivity contribution >= 4 is 9.84 Å². The summed E-state index contributed by atoms with van der Waals surface area (Å²) in [6.45, 7) is 3.19. The van der Waals surface area contributed by atoms with Crippen LogP contribution >= 0.6 is 0 Å². The van der Waals surface area contributed by atoms with Crippen molar-refractivity contribution in [2.75, 3.05) is 19.3 Å². The minimum absolute atomic E-state index is 0.195. The quantitative estimate of drug-likeness (QED) is 0.824. The molecular weight excluding hydrogens is 328 g/mol. The van der Waals surface area contributed by atoms with Crippen molar-refractivity contribution < 1.29 is 13.2 Å². The number of rotatable bonds is 3. The van der Waals surface area contributed by atoms with E-state index < -0.39 is 9.84 Å². The van der Waals surface area contributed by atoms with Crippen LogP contribution in [-0.4, -0.2) is 53.8 Å². The lowest BCUT2D eigenvalue weighted by Gasteiger charge is -2.41. The maximum Gasteiger partial charge on any atom is 0.175 e. The van der Waals surface area contributed by atoms with E-state index in [0.29, 0.717) is 11.5 Å². The highest BCUT2D eigenvalue weighted by Gasteiger charge is 2.36. The minimum atomic E-state index is -3.14. The van der Waals surface area contributed by atoms with Crippen molar-refractivity contribution in [1.82, 2.24) is 19.9 Å². The molecule has 1 fully saturated rings. The molecule has 0 N–H and O–H groups in total. The van der Waals surface area contributed by atoms with E-state index >= 15 is 0 Å². The number of aromatic nitrogens is 3. The second-order valence-corrected chi connectivity index (χ2v) is 8.54. The van der Waals surface area contributed by atoms with E-state index in [0.717, 1.165) is 37.3 Å². The number of fused-ring (bicyclic) bond motifs is 3. The molecule has 1 aromatic carbocycles. The van der Waals surface area contributed by atoms with Crippen molar-refractivity contribution in [3.8, 4) is 0 Å². The molecule has 7 nitrogen and oxygen atoms in total. The standard InChI is InChI=1S/C16H20N4O3S/c1-24(21,22)14-4-2-12(3-5-14)9-19-7-6-16-15(10-19)20-13(11-23-16)8-17-18-20/h2-5,8,15-16H,6-7,9-11H2,1H3/t15-,16-/m1/s1. The van der Waals surface area contributed by atoms with Gasteiger partial charge in [0.1, 0.15) is 0 Å². The highest BCUT2D eigenvalue weighted by molar-refractivity contribution is 7.90. The van der Waals surface area contributed by atoms with Gasteiger partial charge >= 0.3 is 0 Å². The zero-order valence-corrected chi connectivity index (χ0v) is 14.3. The summed E-state index contributed by atoms with van der Waals surface area (Å²) >= 11 is 0. The molecule has 1 aromatic heterocycles. The van der Waals surface area contributed by atoms with Crippen LogP contribution in [0, 0.1) is 0 Å². The molecule has 8 heteroatoms. The summed E-state index contributed by atoms with van der Waals surface area (Å²) in [6, 6.07) is 7.33. The summed E-state index contributed by atoms with van der Waals surface area (Å²) in [4.78, 5) is 2.72. The van der Waals surface area contributed by atoms with Crippen LogP contribution in [0.5, 0.6) is 0 Å². The molecule has 0 aliphatic carbocycles. The Bertz CT molecular complexity index is 831. The summed E-state index contributed by atoms with van der Waals surface area (Å²) in [7, 11) is -3.14. The van der Waals surface area contributed by atoms with Gasteiger partial charge in [-0.15, -0.1) is 5.10 Å². The lowest BCUT2D eigenvalue weighted by Crippen LogP contribution is -2.47. The third kappa shape index (κ3) is 2.97. The first-order valence-corrected chi connectivity index (χ1v) is 9.92. The molecule has 2 aromatic rings. The highest BCUT2D eigenvalue weighted by atomic mass is 32.2. The number of piperidine rings is 1. The van der Waals surface area contributed by atoms with E-state index in [1.165, 1.54) is 6.26 Å². The van der Waals surface area contributed by atoms with Gasteiger partial charge in [-0.25, -0.2) is 13.1 Å². The molecule has 0 saturated carbocycles. The monoisotopic (exact) mass is 348 g/mol. The number of sulfone groups is 1. The van der Waals surface area contributed by atoms with E-state index in [2.05, 4.69) is 15.2 Å². The summed E-state index contributed by atoms with van der Waals surface area (Å²) in [5.74, 6) is 0. The highest BCUT2D eigenvalue weighted by Crippen LogP contribution is 2.30. The first-order valence-electron chi connectivity index (χ1n) is 8.03. The smallest absolute Gasteiger partial charge is 0.175 e. The summed E-state index contributed by atoms with van der Waals surface area (Å²) in [6.07, 6.45) is 4.15. The van der Waals surface area contributed by atoms with E-state index in [-0.39, 0.29) is 12.1 Å². The van der Waals surface area contributed by atoms with Crippen LogP contribution < -0.4 is 0 Å². The molecule has 128 valence electrons. The zero-order chi connectivity index (χ0) is 16.7. The normalized spacial score (nSPS) is 24.4. The van der Waals surface area contributed by atoms with Gasteiger partial charge < -0.3 is 4.74 Å². The van der Waals surface area contributed by atoms with Crippen LogP contribution in [0.4, 0.5) is 0 Å². The van der Waals surface area contributed by atoms with Crippen LogP contribution in [0.2, 0.25) is 0 Å². The molecule has 2 atom stereocenters. The fraction of sp³-hybridized carbons (Fsp3) is 0.500. The van der Waals surface area contributed by atoms with Crippen LogP contribution in [-0.2, 0) is 27.7 Å². The molecule has 0 unspecified atom stereocenters. The zero-order valence-electron chi connectivity index (χ0n) is 13.5. The van der Waals surface area contributed by atoms with Gasteiger partial charge in [0.25, 0.3) is 0 Å². The fourth-order valence-electron chi connectivity index (χ4n) is 3.49. The number of ether oxygens (including phenoxy) is 1. The SMILES string of the molecule is CS(=O)(=O)c1ccc(CN2CC[C@H]3OCc4cnnn4[C@@H]3C2)cc1. The maximum absolute atomic E-state index is 11.5. The van der Waals surface area contributed by atoms with E-state index in [4.69, 9.17) is 4.74 Å². The Morgan fingerprint density at radius 1 is 1.29 bits per heavy atom. The second kappa shape index (κ2) is 5.94. The number of hydrogen-bond donors (Lipinski definition) is 0. The Hall–Kier alpha value is -1.77. The molecule has 0 spiro atoms. The molecule has 2 aliphatic heterocycles. The molecular formula is C16H20N4O3S. The van der Waals surface area contributed by atoms with Crippen molar-refractivity contribution in [2.24, 2.45) is 0 Å². The number of benzene rings is 1. The topological polar surface area (TPSA) is 77.3 Å². The van der Waals surface area contributed by atoms with Crippen molar-refractivity contribution in [1.29, 1.82) is 0 Å². The largest absolute Gasteiger partial charge is 0.370 e. The van der Waals surface area contributed by atoms with Crippen molar-refractivity contribution in [2.45, 2.75) is 36.6 Å². The van der Waals surface area contributed by atoms with E-state index in [9.17, 15) is 8.42 Å². The van der Waals surface area contributed by atoms with Gasteiger partial charge in [-0.3, -0.25) is 4.90 Å². The predicted octanol–water partition coefficient (Wildman–Crippen LogP) is 1.03. The summed E-state index contributed by atoms with van der Waals surface area (Å²) < 4.78 is 31.0. The average Bonchev–Trinajstić information content (AvgIpc) is 3.03. The Balaban J connectivity index is 1.47. The lowest BCUT2D eigenvalue weighted by atomic mass is 10.00. The molecule has 0 radical (unpaired) electrons. The molecule has 24 heavy (non-hydrogen) atoms. The first-order chi connectivity index (χ1) is 11.5. The van der Waals surface area contributed by atoms with Crippen molar-refractivity contribution in [3.63, 3.8) is 0 Å². The van der Waals surface area contributed by atoms with Gasteiger partial charge in [-0.2, -0.15) is 0 Å². The molecule has 3 heterocycles. The Morgan fingerprint density at radius 3 is 2.83 bits per heavy atom. The van der Waals surface area contributed by atoms with Crippen molar-refractivity contribution in [3.05, 3.63) is 41.7 Å². The van der Waals surface area contributed by atoms with Crippen LogP contribution in [0.3, 0.4) is 0 Å². The van der Waals surface area contributed by atoms with Gasteiger partial charge in [-0.05, 0) is 24.1 Å². The number of likely N-dealkylation sites (tertiary alicyclic amines) is 1. The molecule has 0 amide bonds. The van der Waals surface area contributed by atoms with Crippen LogP contribution in [0.1, 0.15) is 23.7 Å². The minimum Gasteiger partial charge on any atom is -0.370 e. The van der Waals surface area contributed by atoms with Gasteiger partial charge in [0, 0.05) is 25.9 Å². The lowest BCUT2D eigenvalue weighted by molar-refractivity contribution is -0.0669. The maximum atomic E-state index is 11.5. The van der Waals surface area contributed by atoms with Gasteiger partial charge in [0.05, 0.1) is 35.5 Å². The van der Waals surface area contributed by atoms with Crippen LogP contribution in [0.25, 0.3) is 0 Å². The molecule has 1 saturated heterocycles. The average molecular weight is 348 g/mol. The Kier molecular flexibility index (Phi) is 3.90. The first kappa shape index (κ1) is 15.7. The Labute approximate surface area is 141 Å². The second-order valence-electron chi connectivity index (χ2n) is 6.53. The summed E-state index contributed by atoms with van der Waals surface area (Å²) in [5, 5.41) is 8.21. The van der Waals surface area contributed by atoms with Gasteiger partial charge in [-0.1, -0.05) is 17.3 Å². The van der Waals surface area contributed by atoms with E-state index in [1.807, 2.05) is 16.8 Å². The number of hydrogen-bond acceptors (Lipinski definition) is 6. The molecule has 0 bridgehead atoms. The third-order valence-corrected chi connectivity index (χ3v) is 5.90. The third-order valence-electron chi connectivity index (χ3n) is 4.77. The molecule has 2 aliphatic rings. The van der Waals surface area contributed by atoms with Gasteiger partial charge in [0.15, 0.2) is 9.84 Å². The van der Waals surface area contributed by atoms with Crippen LogP contribution in [0.15, 0.2) is 35.4 Å². The summed E-state index contributed by atoms with van der Waals surface area (Å²) in [5.41, 5.74) is 2.13. The van der Waals surface area contributed by atoms with E-state index in [1.54, 1.807) is 18.3 Å². The molecule has 4 rings (SSSR count).